The summed E-state index contributed by atoms with van der Waals surface area (Å²) in [4.78, 5) is 15.2. The number of methoxy groups -OCH3 is 1. The highest BCUT2D eigenvalue weighted by Gasteiger charge is 2.34. The van der Waals surface area contributed by atoms with Crippen LogP contribution in [0.3, 0.4) is 0 Å². The summed E-state index contributed by atoms with van der Waals surface area (Å²) in [5, 5.41) is 3.55. The van der Waals surface area contributed by atoms with Crippen LogP contribution in [0, 0.1) is 0 Å². The molecule has 3 aromatic rings. The van der Waals surface area contributed by atoms with Crippen molar-refractivity contribution < 1.29 is 9.53 Å². The summed E-state index contributed by atoms with van der Waals surface area (Å²) in [6.45, 7) is 6.60. The van der Waals surface area contributed by atoms with E-state index in [1.807, 2.05) is 53.4 Å². The van der Waals surface area contributed by atoms with E-state index in [1.165, 1.54) is 5.56 Å². The molecule has 1 heterocycles. The Bertz CT molecular complexity index is 1020. The Morgan fingerprint density at radius 3 is 2.17 bits per heavy atom. The summed E-state index contributed by atoms with van der Waals surface area (Å²) < 4.78 is 5.28. The first-order valence-corrected chi connectivity index (χ1v) is 9.82. The first-order chi connectivity index (χ1) is 13.9. The second-order valence-corrected chi connectivity index (χ2v) is 8.34. The van der Waals surface area contributed by atoms with E-state index in [9.17, 15) is 4.79 Å². The number of benzene rings is 3. The van der Waals surface area contributed by atoms with Crippen LogP contribution in [0.1, 0.15) is 48.4 Å². The van der Waals surface area contributed by atoms with Crippen molar-refractivity contribution in [2.75, 3.05) is 17.3 Å². The lowest BCUT2D eigenvalue weighted by atomic mass is 9.86. The van der Waals surface area contributed by atoms with Crippen molar-refractivity contribution >= 4 is 17.3 Å². The van der Waals surface area contributed by atoms with Gasteiger partial charge in [-0.25, -0.2) is 0 Å². The summed E-state index contributed by atoms with van der Waals surface area (Å²) >= 11 is 0. The van der Waals surface area contributed by atoms with Crippen LogP contribution in [0.15, 0.2) is 72.8 Å². The van der Waals surface area contributed by atoms with Gasteiger partial charge in [-0.1, -0.05) is 57.2 Å². The second-order valence-electron chi connectivity index (χ2n) is 8.34. The van der Waals surface area contributed by atoms with Crippen LogP contribution in [-0.4, -0.2) is 13.0 Å². The maximum Gasteiger partial charge on any atom is 0.262 e. The highest BCUT2D eigenvalue weighted by Crippen LogP contribution is 2.37. The van der Waals surface area contributed by atoms with E-state index in [1.54, 1.807) is 7.11 Å². The number of ether oxygens (including phenoxy) is 1. The molecule has 0 aromatic heterocycles. The second kappa shape index (κ2) is 7.28. The molecule has 148 valence electrons. The Kier molecular flexibility index (Phi) is 4.79. The molecule has 0 aliphatic carbocycles. The first-order valence-electron chi connectivity index (χ1n) is 9.82. The molecule has 1 atom stereocenters. The molecule has 29 heavy (non-hydrogen) atoms. The smallest absolute Gasteiger partial charge is 0.262 e. The van der Waals surface area contributed by atoms with Gasteiger partial charge in [-0.2, -0.15) is 0 Å². The fraction of sp³-hybridized carbons (Fsp3) is 0.240. The van der Waals surface area contributed by atoms with Crippen LogP contribution in [0.2, 0.25) is 0 Å². The Hall–Kier alpha value is -3.27. The van der Waals surface area contributed by atoms with E-state index in [2.05, 4.69) is 50.4 Å². The molecule has 0 saturated carbocycles. The fourth-order valence-electron chi connectivity index (χ4n) is 3.66. The van der Waals surface area contributed by atoms with Crippen LogP contribution >= 0.6 is 0 Å². The predicted octanol–water partition coefficient (Wildman–Crippen LogP) is 5.76. The number of carbonyl (C=O) groups excluding carboxylic acids is 1. The van der Waals surface area contributed by atoms with E-state index < -0.39 is 0 Å². The number of anilines is 2. The molecule has 0 radical (unpaired) electrons. The highest BCUT2D eigenvalue weighted by molar-refractivity contribution is 6.12. The number of hydrogen-bond donors (Lipinski definition) is 1. The standard InChI is InChI=1S/C25H26N2O2/c1-25(2,3)18-11-9-17(10-12-18)23-26-22-8-6-5-7-21(22)24(28)27(23)19-13-15-20(29-4)16-14-19/h5-16,23,26H,1-4H3. The van der Waals surface area contributed by atoms with E-state index in [4.69, 9.17) is 4.74 Å². The van der Waals surface area contributed by atoms with Crippen LogP contribution in [-0.2, 0) is 5.41 Å². The predicted molar refractivity (Wildman–Crippen MR) is 118 cm³/mol. The maximum atomic E-state index is 13.4. The minimum absolute atomic E-state index is 0.0191. The van der Waals surface area contributed by atoms with Crippen molar-refractivity contribution in [2.45, 2.75) is 32.4 Å². The molecule has 0 fully saturated rings. The maximum absolute atomic E-state index is 13.4. The van der Waals surface area contributed by atoms with Crippen LogP contribution < -0.4 is 15.0 Å². The lowest BCUT2D eigenvalue weighted by Gasteiger charge is -2.38. The molecule has 3 aromatic carbocycles. The van der Waals surface area contributed by atoms with E-state index in [0.29, 0.717) is 5.56 Å². The molecule has 4 heteroatoms. The van der Waals surface area contributed by atoms with E-state index in [0.717, 1.165) is 22.7 Å². The summed E-state index contributed by atoms with van der Waals surface area (Å²) in [6.07, 6.45) is -0.292. The average molecular weight is 386 g/mol. The summed E-state index contributed by atoms with van der Waals surface area (Å²) in [6, 6.07) is 23.8. The van der Waals surface area contributed by atoms with Crippen molar-refractivity contribution in [2.24, 2.45) is 0 Å². The quantitative estimate of drug-likeness (QED) is 0.622. The number of para-hydroxylation sites is 1. The molecular formula is C25H26N2O2. The molecule has 1 unspecified atom stereocenters. The number of nitrogens with one attached hydrogen (secondary N) is 1. The number of carbonyl (C=O) groups is 1. The molecule has 4 rings (SSSR count). The molecule has 0 saturated heterocycles. The van der Waals surface area contributed by atoms with Crippen LogP contribution in [0.4, 0.5) is 11.4 Å². The summed E-state index contributed by atoms with van der Waals surface area (Å²) in [5.74, 6) is 0.743. The lowest BCUT2D eigenvalue weighted by molar-refractivity contribution is 0.0975. The van der Waals surface area contributed by atoms with Crippen LogP contribution in [0.25, 0.3) is 0 Å². The Labute approximate surface area is 172 Å². The van der Waals surface area contributed by atoms with Gasteiger partial charge < -0.3 is 10.1 Å². The molecule has 1 aliphatic heterocycles. The third-order valence-electron chi connectivity index (χ3n) is 5.37. The van der Waals surface area contributed by atoms with E-state index >= 15 is 0 Å². The summed E-state index contributed by atoms with van der Waals surface area (Å²) in [7, 11) is 1.64. The molecule has 0 bridgehead atoms. The lowest BCUT2D eigenvalue weighted by Crippen LogP contribution is -2.43. The zero-order chi connectivity index (χ0) is 20.6. The van der Waals surface area contributed by atoms with Gasteiger partial charge in [0.2, 0.25) is 0 Å². The number of nitrogens with zero attached hydrogens (tertiary/aromatic N) is 1. The Morgan fingerprint density at radius 1 is 0.897 bits per heavy atom. The zero-order valence-electron chi connectivity index (χ0n) is 17.3. The van der Waals surface area contributed by atoms with Gasteiger partial charge in [0.05, 0.1) is 12.7 Å². The Balaban J connectivity index is 1.79. The molecular weight excluding hydrogens is 360 g/mol. The number of hydrogen-bond acceptors (Lipinski definition) is 3. The number of fused-ring (bicyclic) bond motifs is 1. The van der Waals surface area contributed by atoms with Gasteiger partial charge in [0.25, 0.3) is 5.91 Å². The van der Waals surface area contributed by atoms with Crippen molar-refractivity contribution in [3.8, 4) is 5.75 Å². The van der Waals surface area contributed by atoms with E-state index in [-0.39, 0.29) is 17.5 Å². The van der Waals surface area contributed by atoms with Gasteiger partial charge in [0.1, 0.15) is 11.9 Å². The minimum Gasteiger partial charge on any atom is -0.497 e. The highest BCUT2D eigenvalue weighted by atomic mass is 16.5. The molecule has 1 N–H and O–H groups in total. The van der Waals surface area contributed by atoms with Crippen LogP contribution in [0.5, 0.6) is 5.75 Å². The van der Waals surface area contributed by atoms with Gasteiger partial charge in [0.15, 0.2) is 0 Å². The minimum atomic E-state index is -0.292. The largest absolute Gasteiger partial charge is 0.497 e. The van der Waals surface area contributed by atoms with Crippen molar-refractivity contribution in [1.29, 1.82) is 0 Å². The number of amides is 1. The topological polar surface area (TPSA) is 41.6 Å². The normalized spacial score (nSPS) is 16.2. The summed E-state index contributed by atoms with van der Waals surface area (Å²) in [5.41, 5.74) is 4.73. The van der Waals surface area contributed by atoms with Crippen molar-refractivity contribution in [3.63, 3.8) is 0 Å². The fourth-order valence-corrected chi connectivity index (χ4v) is 3.66. The SMILES string of the molecule is COc1ccc(N2C(=O)c3ccccc3NC2c2ccc(C(C)(C)C)cc2)cc1. The molecule has 1 amide bonds. The van der Waals surface area contributed by atoms with Crippen molar-refractivity contribution in [1.82, 2.24) is 0 Å². The Morgan fingerprint density at radius 2 is 1.55 bits per heavy atom. The molecule has 4 nitrogen and oxygen atoms in total. The molecule has 1 aliphatic rings. The third-order valence-corrected chi connectivity index (χ3v) is 5.37. The van der Waals surface area contributed by atoms with Gasteiger partial charge in [0, 0.05) is 11.4 Å². The molecule has 0 spiro atoms. The van der Waals surface area contributed by atoms with Crippen molar-refractivity contribution in [3.05, 3.63) is 89.5 Å². The van der Waals surface area contributed by atoms with Gasteiger partial charge in [-0.15, -0.1) is 0 Å². The average Bonchev–Trinajstić information content (AvgIpc) is 2.73. The van der Waals surface area contributed by atoms with Gasteiger partial charge >= 0.3 is 0 Å². The third kappa shape index (κ3) is 3.58. The first kappa shape index (κ1) is 19.1. The monoisotopic (exact) mass is 386 g/mol. The van der Waals surface area contributed by atoms with Gasteiger partial charge in [-0.05, 0) is 52.9 Å². The number of rotatable bonds is 3. The zero-order valence-corrected chi connectivity index (χ0v) is 17.3. The van der Waals surface area contributed by atoms with Gasteiger partial charge in [-0.3, -0.25) is 9.69 Å².